The molecule has 1 rings (SSSR count). The first kappa shape index (κ1) is 9.86. The minimum Gasteiger partial charge on any atom is -0.396 e. The third kappa shape index (κ3) is 2.95. The van der Waals surface area contributed by atoms with Crippen LogP contribution < -0.4 is 0 Å². The number of pyridine rings is 1. The zero-order valence-corrected chi connectivity index (χ0v) is 7.50. The predicted molar refractivity (Wildman–Crippen MR) is 49.7 cm³/mol. The van der Waals surface area contributed by atoms with Crippen molar-refractivity contribution in [3.05, 3.63) is 35.4 Å². The van der Waals surface area contributed by atoms with Gasteiger partial charge in [-0.25, -0.2) is 4.39 Å². The van der Waals surface area contributed by atoms with E-state index in [-0.39, 0.29) is 12.4 Å². The highest BCUT2D eigenvalue weighted by Crippen LogP contribution is 2.05. The third-order valence-electron chi connectivity index (χ3n) is 1.63. The van der Waals surface area contributed by atoms with Crippen LogP contribution in [-0.2, 0) is 0 Å². The summed E-state index contributed by atoms with van der Waals surface area (Å²) in [6.45, 7) is 1.75. The maximum Gasteiger partial charge on any atom is 0.144 e. The number of hydrogen-bond acceptors (Lipinski definition) is 2. The van der Waals surface area contributed by atoms with Crippen LogP contribution in [-0.4, -0.2) is 16.7 Å². The molecule has 0 unspecified atom stereocenters. The SMILES string of the molecule is Cc1nc(C=CCCO)ccc1F. The molecule has 0 amide bonds. The molecular formula is C10H12FNO. The molecule has 0 aliphatic heterocycles. The van der Waals surface area contributed by atoms with Gasteiger partial charge in [-0.2, -0.15) is 0 Å². The second-order valence-electron chi connectivity index (χ2n) is 2.72. The Kier molecular flexibility index (Phi) is 3.58. The fraction of sp³-hybridized carbons (Fsp3) is 0.300. The lowest BCUT2D eigenvalue weighted by molar-refractivity contribution is 0.303. The monoisotopic (exact) mass is 181 g/mol. The van der Waals surface area contributed by atoms with Crippen molar-refractivity contribution in [3.63, 3.8) is 0 Å². The summed E-state index contributed by atoms with van der Waals surface area (Å²) in [5.41, 5.74) is 1.11. The lowest BCUT2D eigenvalue weighted by Gasteiger charge is -1.96. The zero-order chi connectivity index (χ0) is 9.68. The van der Waals surface area contributed by atoms with Crippen molar-refractivity contribution < 1.29 is 9.50 Å². The normalized spacial score (nSPS) is 11.0. The summed E-state index contributed by atoms with van der Waals surface area (Å²) in [5.74, 6) is -0.292. The van der Waals surface area contributed by atoms with E-state index in [9.17, 15) is 4.39 Å². The van der Waals surface area contributed by atoms with Gasteiger partial charge < -0.3 is 5.11 Å². The zero-order valence-electron chi connectivity index (χ0n) is 7.50. The number of halogens is 1. The van der Waals surface area contributed by atoms with Crippen LogP contribution in [0.15, 0.2) is 18.2 Å². The maximum absolute atomic E-state index is 12.8. The molecule has 0 saturated carbocycles. The number of rotatable bonds is 3. The van der Waals surface area contributed by atoms with Crippen LogP contribution in [0.2, 0.25) is 0 Å². The molecule has 1 heterocycles. The van der Waals surface area contributed by atoms with E-state index in [4.69, 9.17) is 5.11 Å². The lowest BCUT2D eigenvalue weighted by Crippen LogP contribution is -1.89. The lowest BCUT2D eigenvalue weighted by atomic mass is 10.2. The van der Waals surface area contributed by atoms with E-state index >= 15 is 0 Å². The van der Waals surface area contributed by atoms with Crippen LogP contribution in [0.3, 0.4) is 0 Å². The van der Waals surface area contributed by atoms with Crippen LogP contribution in [0.1, 0.15) is 17.8 Å². The van der Waals surface area contributed by atoms with Gasteiger partial charge in [0.05, 0.1) is 11.4 Å². The Morgan fingerprint density at radius 3 is 2.92 bits per heavy atom. The van der Waals surface area contributed by atoms with Gasteiger partial charge in [-0.3, -0.25) is 4.98 Å². The topological polar surface area (TPSA) is 33.1 Å². The summed E-state index contributed by atoms with van der Waals surface area (Å²) in [4.78, 5) is 4.00. The van der Waals surface area contributed by atoms with Crippen LogP contribution >= 0.6 is 0 Å². The van der Waals surface area contributed by atoms with Gasteiger partial charge in [-0.15, -0.1) is 0 Å². The number of hydrogen-bond donors (Lipinski definition) is 1. The van der Waals surface area contributed by atoms with Crippen molar-refractivity contribution in [1.29, 1.82) is 0 Å². The fourth-order valence-corrected chi connectivity index (χ4v) is 0.935. The molecule has 0 bridgehead atoms. The van der Waals surface area contributed by atoms with Crippen molar-refractivity contribution in [3.8, 4) is 0 Å². The predicted octanol–water partition coefficient (Wildman–Crippen LogP) is 1.92. The first-order chi connectivity index (χ1) is 6.24. The average molecular weight is 181 g/mol. The van der Waals surface area contributed by atoms with E-state index in [1.807, 2.05) is 0 Å². The molecule has 2 nitrogen and oxygen atoms in total. The number of aromatic nitrogens is 1. The van der Waals surface area contributed by atoms with Gasteiger partial charge >= 0.3 is 0 Å². The summed E-state index contributed by atoms with van der Waals surface area (Å²) >= 11 is 0. The Hall–Kier alpha value is -1.22. The second kappa shape index (κ2) is 4.72. The molecule has 0 saturated heterocycles. The highest BCUT2D eigenvalue weighted by Gasteiger charge is 1.96. The third-order valence-corrected chi connectivity index (χ3v) is 1.63. The highest BCUT2D eigenvalue weighted by molar-refractivity contribution is 5.44. The molecule has 3 heteroatoms. The maximum atomic E-state index is 12.8. The molecule has 0 aromatic carbocycles. The Balaban J connectivity index is 2.73. The van der Waals surface area contributed by atoms with E-state index in [2.05, 4.69) is 4.98 Å². The van der Waals surface area contributed by atoms with Crippen molar-refractivity contribution in [2.45, 2.75) is 13.3 Å². The quantitative estimate of drug-likeness (QED) is 0.772. The number of nitrogens with zero attached hydrogens (tertiary/aromatic N) is 1. The van der Waals surface area contributed by atoms with E-state index in [1.165, 1.54) is 6.07 Å². The van der Waals surface area contributed by atoms with Gasteiger partial charge in [-0.05, 0) is 31.6 Å². The van der Waals surface area contributed by atoms with Crippen molar-refractivity contribution in [2.75, 3.05) is 6.61 Å². The van der Waals surface area contributed by atoms with Crippen molar-refractivity contribution >= 4 is 6.08 Å². The molecule has 70 valence electrons. The second-order valence-corrected chi connectivity index (χ2v) is 2.72. The molecule has 0 fully saturated rings. The Bertz CT molecular complexity index is 310. The first-order valence-corrected chi connectivity index (χ1v) is 4.14. The Morgan fingerprint density at radius 1 is 1.54 bits per heavy atom. The van der Waals surface area contributed by atoms with E-state index in [1.54, 1.807) is 25.1 Å². The van der Waals surface area contributed by atoms with E-state index in [0.29, 0.717) is 17.8 Å². The standard InChI is InChI=1S/C10H12FNO/c1-8-10(11)6-5-9(12-8)4-2-3-7-13/h2,4-6,13H,3,7H2,1H3. The molecule has 0 aliphatic rings. The van der Waals surface area contributed by atoms with Gasteiger partial charge in [0.1, 0.15) is 5.82 Å². The number of aliphatic hydroxyl groups is 1. The number of aliphatic hydroxyl groups excluding tert-OH is 1. The van der Waals surface area contributed by atoms with Gasteiger partial charge in [-0.1, -0.05) is 6.08 Å². The van der Waals surface area contributed by atoms with Crippen LogP contribution in [0.5, 0.6) is 0 Å². The summed E-state index contributed by atoms with van der Waals surface area (Å²) in [7, 11) is 0. The molecular weight excluding hydrogens is 169 g/mol. The Labute approximate surface area is 76.7 Å². The molecule has 1 aromatic rings. The van der Waals surface area contributed by atoms with Gasteiger partial charge in [0.15, 0.2) is 0 Å². The number of aryl methyl sites for hydroxylation is 1. The summed E-state index contributed by atoms with van der Waals surface area (Å²) in [6, 6.07) is 3.00. The van der Waals surface area contributed by atoms with Crippen LogP contribution in [0.4, 0.5) is 4.39 Å². The van der Waals surface area contributed by atoms with Gasteiger partial charge in [0.25, 0.3) is 0 Å². The summed E-state index contributed by atoms with van der Waals surface area (Å²) < 4.78 is 12.8. The minimum absolute atomic E-state index is 0.122. The summed E-state index contributed by atoms with van der Waals surface area (Å²) in [5, 5.41) is 8.51. The summed E-state index contributed by atoms with van der Waals surface area (Å²) in [6.07, 6.45) is 4.17. The molecule has 13 heavy (non-hydrogen) atoms. The fourth-order valence-electron chi connectivity index (χ4n) is 0.935. The molecule has 0 aliphatic carbocycles. The van der Waals surface area contributed by atoms with Gasteiger partial charge in [0, 0.05) is 6.61 Å². The minimum atomic E-state index is -0.292. The van der Waals surface area contributed by atoms with Crippen molar-refractivity contribution in [1.82, 2.24) is 4.98 Å². The smallest absolute Gasteiger partial charge is 0.144 e. The molecule has 0 atom stereocenters. The van der Waals surface area contributed by atoms with Gasteiger partial charge in [0.2, 0.25) is 0 Å². The Morgan fingerprint density at radius 2 is 2.31 bits per heavy atom. The average Bonchev–Trinajstić information content (AvgIpc) is 2.12. The first-order valence-electron chi connectivity index (χ1n) is 4.14. The molecule has 1 N–H and O–H groups in total. The highest BCUT2D eigenvalue weighted by atomic mass is 19.1. The van der Waals surface area contributed by atoms with Crippen LogP contribution in [0, 0.1) is 12.7 Å². The van der Waals surface area contributed by atoms with Crippen molar-refractivity contribution in [2.24, 2.45) is 0 Å². The largest absolute Gasteiger partial charge is 0.396 e. The van der Waals surface area contributed by atoms with E-state index in [0.717, 1.165) is 0 Å². The molecule has 0 radical (unpaired) electrons. The molecule has 1 aromatic heterocycles. The molecule has 0 spiro atoms. The van der Waals surface area contributed by atoms with E-state index < -0.39 is 0 Å². The van der Waals surface area contributed by atoms with Crippen LogP contribution in [0.25, 0.3) is 6.08 Å².